The van der Waals surface area contributed by atoms with E-state index >= 15 is 0 Å². The Bertz CT molecular complexity index is 337. The van der Waals surface area contributed by atoms with Crippen molar-refractivity contribution in [3.05, 3.63) is 42.5 Å². The van der Waals surface area contributed by atoms with Crippen molar-refractivity contribution in [1.29, 1.82) is 0 Å². The molecule has 0 unspecified atom stereocenters. The van der Waals surface area contributed by atoms with E-state index in [4.69, 9.17) is 0 Å². The lowest BCUT2D eigenvalue weighted by Gasteiger charge is -2.21. The van der Waals surface area contributed by atoms with E-state index in [1.807, 2.05) is 6.07 Å². The summed E-state index contributed by atoms with van der Waals surface area (Å²) in [4.78, 5) is 0. The van der Waals surface area contributed by atoms with Crippen molar-refractivity contribution in [2.75, 3.05) is 19.6 Å². The van der Waals surface area contributed by atoms with Crippen LogP contribution in [0.4, 0.5) is 0 Å². The topological polar surface area (TPSA) is 15.3 Å². The van der Waals surface area contributed by atoms with Crippen molar-refractivity contribution in [1.82, 2.24) is 10.4 Å². The Morgan fingerprint density at radius 3 is 2.82 bits per heavy atom. The summed E-state index contributed by atoms with van der Waals surface area (Å²) in [5.74, 6) is 0. The predicted octanol–water partition coefficient (Wildman–Crippen LogP) is 3.08. The minimum atomic E-state index is 1.04. The van der Waals surface area contributed by atoms with E-state index < -0.39 is 0 Å². The van der Waals surface area contributed by atoms with Crippen LogP contribution in [-0.4, -0.2) is 24.6 Å². The molecule has 0 bridgehead atoms. The highest BCUT2D eigenvalue weighted by molar-refractivity contribution is 5.63. The SMILES string of the molecule is C=C(CCN1CCCCCN1)c1ccccc1. The molecule has 1 heterocycles. The van der Waals surface area contributed by atoms with Gasteiger partial charge >= 0.3 is 0 Å². The second-order valence-electron chi connectivity index (χ2n) is 4.68. The number of nitrogens with zero attached hydrogens (tertiary/aromatic N) is 1. The summed E-state index contributed by atoms with van der Waals surface area (Å²) in [6.45, 7) is 7.53. The minimum absolute atomic E-state index is 1.04. The first-order valence-electron chi connectivity index (χ1n) is 6.58. The highest BCUT2D eigenvalue weighted by atomic mass is 15.5. The van der Waals surface area contributed by atoms with E-state index in [0.717, 1.165) is 19.5 Å². The third kappa shape index (κ3) is 3.99. The zero-order chi connectivity index (χ0) is 11.9. The second-order valence-corrected chi connectivity index (χ2v) is 4.68. The summed E-state index contributed by atoms with van der Waals surface area (Å²) in [6, 6.07) is 10.5. The lowest BCUT2D eigenvalue weighted by molar-refractivity contribution is 0.206. The monoisotopic (exact) mass is 230 g/mol. The van der Waals surface area contributed by atoms with Gasteiger partial charge in [0.2, 0.25) is 0 Å². The molecule has 1 aromatic rings. The van der Waals surface area contributed by atoms with E-state index in [1.165, 1.54) is 36.9 Å². The molecule has 1 aliphatic heterocycles. The largest absolute Gasteiger partial charge is 0.255 e. The van der Waals surface area contributed by atoms with Gasteiger partial charge in [-0.05, 0) is 30.4 Å². The first-order chi connectivity index (χ1) is 8.36. The quantitative estimate of drug-likeness (QED) is 0.855. The van der Waals surface area contributed by atoms with E-state index in [2.05, 4.69) is 41.3 Å². The second kappa shape index (κ2) is 6.58. The molecule has 2 heteroatoms. The summed E-state index contributed by atoms with van der Waals surface area (Å²) in [5, 5.41) is 2.35. The first kappa shape index (κ1) is 12.3. The fraction of sp³-hybridized carbons (Fsp3) is 0.467. The highest BCUT2D eigenvalue weighted by Gasteiger charge is 2.08. The van der Waals surface area contributed by atoms with Crippen molar-refractivity contribution >= 4 is 5.57 Å². The summed E-state index contributed by atoms with van der Waals surface area (Å²) >= 11 is 0. The average Bonchev–Trinajstić information content (AvgIpc) is 2.65. The van der Waals surface area contributed by atoms with Gasteiger partial charge in [-0.25, -0.2) is 5.01 Å². The molecular formula is C15H22N2. The predicted molar refractivity (Wildman–Crippen MR) is 73.5 cm³/mol. The van der Waals surface area contributed by atoms with Gasteiger partial charge in [-0.15, -0.1) is 0 Å². The maximum atomic E-state index is 4.18. The van der Waals surface area contributed by atoms with Crippen LogP contribution in [0.2, 0.25) is 0 Å². The Hall–Kier alpha value is -1.12. The van der Waals surface area contributed by atoms with Gasteiger partial charge in [0.15, 0.2) is 0 Å². The van der Waals surface area contributed by atoms with E-state index in [-0.39, 0.29) is 0 Å². The van der Waals surface area contributed by atoms with Crippen LogP contribution in [0.5, 0.6) is 0 Å². The third-order valence-corrected chi connectivity index (χ3v) is 3.31. The third-order valence-electron chi connectivity index (χ3n) is 3.31. The normalized spacial score (nSPS) is 17.6. The maximum absolute atomic E-state index is 4.18. The van der Waals surface area contributed by atoms with Gasteiger partial charge in [-0.3, -0.25) is 5.43 Å². The number of hydrazine groups is 1. The minimum Gasteiger partial charge on any atom is -0.255 e. The number of nitrogens with one attached hydrogen (secondary N) is 1. The zero-order valence-electron chi connectivity index (χ0n) is 10.5. The molecule has 2 rings (SSSR count). The Balaban J connectivity index is 1.79. The van der Waals surface area contributed by atoms with Crippen molar-refractivity contribution in [2.24, 2.45) is 0 Å². The fourth-order valence-electron chi connectivity index (χ4n) is 2.20. The Morgan fingerprint density at radius 1 is 1.18 bits per heavy atom. The molecular weight excluding hydrogens is 208 g/mol. The molecule has 0 amide bonds. The van der Waals surface area contributed by atoms with Crippen molar-refractivity contribution in [3.63, 3.8) is 0 Å². The summed E-state index contributed by atoms with van der Waals surface area (Å²) < 4.78 is 0. The van der Waals surface area contributed by atoms with Crippen molar-refractivity contribution in [2.45, 2.75) is 25.7 Å². The van der Waals surface area contributed by atoms with Crippen LogP contribution < -0.4 is 5.43 Å². The highest BCUT2D eigenvalue weighted by Crippen LogP contribution is 2.16. The van der Waals surface area contributed by atoms with Crippen LogP contribution in [0.3, 0.4) is 0 Å². The molecule has 0 radical (unpaired) electrons. The lowest BCUT2D eigenvalue weighted by atomic mass is 10.0. The zero-order valence-corrected chi connectivity index (χ0v) is 10.5. The molecule has 2 nitrogen and oxygen atoms in total. The Kier molecular flexibility index (Phi) is 4.77. The van der Waals surface area contributed by atoms with Crippen LogP contribution in [0, 0.1) is 0 Å². The standard InChI is InChI=1S/C15H22N2/c1-14(15-8-4-2-5-9-15)10-13-17-12-7-3-6-11-16-17/h2,4-5,8-9,16H,1,3,6-7,10-13H2. The van der Waals surface area contributed by atoms with Gasteiger partial charge < -0.3 is 0 Å². The van der Waals surface area contributed by atoms with Crippen LogP contribution >= 0.6 is 0 Å². The molecule has 17 heavy (non-hydrogen) atoms. The van der Waals surface area contributed by atoms with Gasteiger partial charge in [-0.2, -0.15) is 0 Å². The van der Waals surface area contributed by atoms with Crippen molar-refractivity contribution < 1.29 is 0 Å². The fourth-order valence-corrected chi connectivity index (χ4v) is 2.20. The van der Waals surface area contributed by atoms with Crippen molar-refractivity contribution in [3.8, 4) is 0 Å². The molecule has 1 saturated heterocycles. The smallest absolute Gasteiger partial charge is 0.0171 e. The number of hydrogen-bond acceptors (Lipinski definition) is 2. The van der Waals surface area contributed by atoms with Crippen LogP contribution in [0.1, 0.15) is 31.2 Å². The van der Waals surface area contributed by atoms with E-state index in [1.54, 1.807) is 0 Å². The summed E-state index contributed by atoms with van der Waals surface area (Å²) in [5.41, 5.74) is 5.98. The molecule has 0 aromatic heterocycles. The van der Waals surface area contributed by atoms with Crippen LogP contribution in [-0.2, 0) is 0 Å². The number of rotatable bonds is 4. The molecule has 0 atom stereocenters. The molecule has 1 aromatic carbocycles. The van der Waals surface area contributed by atoms with E-state index in [9.17, 15) is 0 Å². The molecule has 1 N–H and O–H groups in total. The molecule has 1 fully saturated rings. The molecule has 0 spiro atoms. The summed E-state index contributed by atoms with van der Waals surface area (Å²) in [6.07, 6.45) is 5.00. The van der Waals surface area contributed by atoms with Gasteiger partial charge in [0.1, 0.15) is 0 Å². The van der Waals surface area contributed by atoms with E-state index in [0.29, 0.717) is 0 Å². The van der Waals surface area contributed by atoms with Crippen LogP contribution in [0.15, 0.2) is 36.9 Å². The number of hydrogen-bond donors (Lipinski definition) is 1. The van der Waals surface area contributed by atoms with Gasteiger partial charge in [0, 0.05) is 19.6 Å². The summed E-state index contributed by atoms with van der Waals surface area (Å²) in [7, 11) is 0. The maximum Gasteiger partial charge on any atom is 0.0171 e. The van der Waals surface area contributed by atoms with Gasteiger partial charge in [-0.1, -0.05) is 43.3 Å². The van der Waals surface area contributed by atoms with Gasteiger partial charge in [0.25, 0.3) is 0 Å². The van der Waals surface area contributed by atoms with Gasteiger partial charge in [0.05, 0.1) is 0 Å². The molecule has 1 aliphatic rings. The average molecular weight is 230 g/mol. The van der Waals surface area contributed by atoms with Crippen LogP contribution in [0.25, 0.3) is 5.57 Å². The molecule has 92 valence electrons. The Labute approximate surface area is 104 Å². The number of benzene rings is 1. The first-order valence-corrected chi connectivity index (χ1v) is 6.58. The Morgan fingerprint density at radius 2 is 2.00 bits per heavy atom. The lowest BCUT2D eigenvalue weighted by Crippen LogP contribution is -2.38. The molecule has 0 saturated carbocycles. The molecule has 0 aliphatic carbocycles.